The Balaban J connectivity index is 2.31. The summed E-state index contributed by atoms with van der Waals surface area (Å²) in [6, 6.07) is 0. The molecule has 2 heterocycles. The second kappa shape index (κ2) is 4.58. The molecule has 2 aromatic heterocycles. The average molecular weight is 238 g/mol. The molecule has 0 atom stereocenters. The second-order valence-electron chi connectivity index (χ2n) is 3.32. The van der Waals surface area contributed by atoms with Gasteiger partial charge in [0.15, 0.2) is 5.82 Å². The Morgan fingerprint density at radius 1 is 1.50 bits per heavy atom. The lowest BCUT2D eigenvalue weighted by atomic mass is 10.4. The summed E-state index contributed by atoms with van der Waals surface area (Å²) >= 11 is 1.60. The third-order valence-corrected chi connectivity index (χ3v) is 3.15. The molecule has 0 aliphatic carbocycles. The fraction of sp³-hybridized carbons (Fsp3) is 0.444. The van der Waals surface area contributed by atoms with Gasteiger partial charge < -0.3 is 11.1 Å². The first-order valence-electron chi connectivity index (χ1n) is 4.98. The predicted molar refractivity (Wildman–Crippen MR) is 64.4 cm³/mol. The molecule has 2 rings (SSSR count). The molecule has 6 nitrogen and oxygen atoms in total. The molecule has 0 aliphatic heterocycles. The summed E-state index contributed by atoms with van der Waals surface area (Å²) in [7, 11) is 3.72. The third-order valence-electron chi connectivity index (χ3n) is 2.24. The first-order valence-corrected chi connectivity index (χ1v) is 5.86. The molecule has 86 valence electrons. The predicted octanol–water partition coefficient (Wildman–Crippen LogP) is 0.481. The van der Waals surface area contributed by atoms with Crippen molar-refractivity contribution in [3.05, 3.63) is 10.4 Å². The lowest BCUT2D eigenvalue weighted by molar-refractivity contribution is 0.912. The number of hydrogen-bond acceptors (Lipinski definition) is 6. The minimum atomic E-state index is 0.619. The number of aromatic nitrogens is 4. The number of anilines is 1. The van der Waals surface area contributed by atoms with E-state index in [-0.39, 0.29) is 0 Å². The van der Waals surface area contributed by atoms with Gasteiger partial charge in [0.25, 0.3) is 0 Å². The molecule has 2 aromatic rings. The maximum atomic E-state index is 5.49. The molecule has 16 heavy (non-hydrogen) atoms. The first kappa shape index (κ1) is 11.0. The lowest BCUT2D eigenvalue weighted by Gasteiger charge is -1.99. The second-order valence-corrected chi connectivity index (χ2v) is 4.26. The Morgan fingerprint density at radius 3 is 2.94 bits per heavy atom. The number of rotatable bonds is 4. The summed E-state index contributed by atoms with van der Waals surface area (Å²) in [5.74, 6) is 1.49. The molecule has 0 radical (unpaired) electrons. The summed E-state index contributed by atoms with van der Waals surface area (Å²) in [6.07, 6.45) is 0.807. The highest BCUT2D eigenvalue weighted by molar-refractivity contribution is 7.09. The zero-order valence-corrected chi connectivity index (χ0v) is 10.1. The standard InChI is InChI=1S/C9H14N6S/c1-11-9-14-13-8(15(9)2)6-5-16-7(12-6)3-4-10/h5H,3-4,10H2,1-2H3,(H,11,14). The minimum Gasteiger partial charge on any atom is -0.357 e. The van der Waals surface area contributed by atoms with E-state index in [1.807, 2.05) is 24.0 Å². The van der Waals surface area contributed by atoms with E-state index >= 15 is 0 Å². The molecule has 3 N–H and O–H groups in total. The molecule has 7 heteroatoms. The van der Waals surface area contributed by atoms with Crippen LogP contribution in [-0.4, -0.2) is 33.3 Å². The van der Waals surface area contributed by atoms with Crippen molar-refractivity contribution in [1.82, 2.24) is 19.7 Å². The molecule has 0 fully saturated rings. The van der Waals surface area contributed by atoms with Gasteiger partial charge in [-0.1, -0.05) is 0 Å². The summed E-state index contributed by atoms with van der Waals surface area (Å²) in [5, 5.41) is 14.1. The van der Waals surface area contributed by atoms with Crippen LogP contribution in [0.4, 0.5) is 5.95 Å². The smallest absolute Gasteiger partial charge is 0.224 e. The monoisotopic (exact) mass is 238 g/mol. The highest BCUT2D eigenvalue weighted by Crippen LogP contribution is 2.21. The summed E-state index contributed by atoms with van der Waals surface area (Å²) in [5.41, 5.74) is 6.34. The molecule has 0 saturated heterocycles. The van der Waals surface area contributed by atoms with E-state index in [1.165, 1.54) is 0 Å². The highest BCUT2D eigenvalue weighted by Gasteiger charge is 2.12. The molecule has 0 saturated carbocycles. The van der Waals surface area contributed by atoms with Gasteiger partial charge in [-0.05, 0) is 6.54 Å². The van der Waals surface area contributed by atoms with Crippen molar-refractivity contribution in [2.45, 2.75) is 6.42 Å². The van der Waals surface area contributed by atoms with Crippen LogP contribution in [0.2, 0.25) is 0 Å². The van der Waals surface area contributed by atoms with Crippen LogP contribution >= 0.6 is 11.3 Å². The minimum absolute atomic E-state index is 0.619. The van der Waals surface area contributed by atoms with Gasteiger partial charge in [-0.25, -0.2) is 4.98 Å². The van der Waals surface area contributed by atoms with Gasteiger partial charge in [0.1, 0.15) is 5.69 Å². The van der Waals surface area contributed by atoms with E-state index in [1.54, 1.807) is 11.3 Å². The lowest BCUT2D eigenvalue weighted by Crippen LogP contribution is -2.02. The zero-order chi connectivity index (χ0) is 11.5. The maximum Gasteiger partial charge on any atom is 0.224 e. The van der Waals surface area contributed by atoms with Gasteiger partial charge in [-0.3, -0.25) is 4.57 Å². The molecular formula is C9H14N6S. The van der Waals surface area contributed by atoms with Crippen LogP contribution in [0.3, 0.4) is 0 Å². The van der Waals surface area contributed by atoms with E-state index in [9.17, 15) is 0 Å². The molecular weight excluding hydrogens is 224 g/mol. The van der Waals surface area contributed by atoms with Crippen molar-refractivity contribution in [1.29, 1.82) is 0 Å². The maximum absolute atomic E-state index is 5.49. The summed E-state index contributed by atoms with van der Waals surface area (Å²) < 4.78 is 1.88. The van der Waals surface area contributed by atoms with Crippen LogP contribution in [0, 0.1) is 0 Å². The van der Waals surface area contributed by atoms with E-state index in [4.69, 9.17) is 5.73 Å². The number of thiazole rings is 1. The van der Waals surface area contributed by atoms with Crippen molar-refractivity contribution < 1.29 is 0 Å². The van der Waals surface area contributed by atoms with Crippen LogP contribution in [0.15, 0.2) is 5.38 Å². The Hall–Kier alpha value is -1.47. The van der Waals surface area contributed by atoms with Gasteiger partial charge in [0.05, 0.1) is 5.01 Å². The van der Waals surface area contributed by atoms with E-state index in [0.29, 0.717) is 6.54 Å². The number of nitrogens with zero attached hydrogens (tertiary/aromatic N) is 4. The normalized spacial score (nSPS) is 10.7. The van der Waals surface area contributed by atoms with Gasteiger partial charge in [0, 0.05) is 25.9 Å². The molecule has 0 spiro atoms. The summed E-state index contributed by atoms with van der Waals surface area (Å²) in [4.78, 5) is 4.47. The Labute approximate surface area is 97.5 Å². The SMILES string of the molecule is CNc1nnc(-c2csc(CCN)n2)n1C. The van der Waals surface area contributed by atoms with Crippen LogP contribution in [0.5, 0.6) is 0 Å². The molecule has 0 amide bonds. The van der Waals surface area contributed by atoms with Crippen molar-refractivity contribution >= 4 is 17.3 Å². The van der Waals surface area contributed by atoms with E-state index in [0.717, 1.165) is 28.9 Å². The Morgan fingerprint density at radius 2 is 2.31 bits per heavy atom. The highest BCUT2D eigenvalue weighted by atomic mass is 32.1. The fourth-order valence-electron chi connectivity index (χ4n) is 1.42. The third kappa shape index (κ3) is 1.91. The molecule has 0 bridgehead atoms. The summed E-state index contributed by atoms with van der Waals surface area (Å²) in [6.45, 7) is 0.619. The van der Waals surface area contributed by atoms with E-state index < -0.39 is 0 Å². The van der Waals surface area contributed by atoms with Crippen molar-refractivity contribution in [3.63, 3.8) is 0 Å². The van der Waals surface area contributed by atoms with Crippen LogP contribution in [-0.2, 0) is 13.5 Å². The quantitative estimate of drug-likeness (QED) is 0.809. The topological polar surface area (TPSA) is 81.7 Å². The van der Waals surface area contributed by atoms with Crippen molar-refractivity contribution in [2.75, 3.05) is 18.9 Å². The largest absolute Gasteiger partial charge is 0.357 e. The molecule has 0 unspecified atom stereocenters. The average Bonchev–Trinajstić information content (AvgIpc) is 2.85. The van der Waals surface area contributed by atoms with Crippen molar-refractivity contribution in [3.8, 4) is 11.5 Å². The van der Waals surface area contributed by atoms with E-state index in [2.05, 4.69) is 20.5 Å². The number of nitrogens with two attached hydrogens (primary N) is 1. The van der Waals surface area contributed by atoms with Gasteiger partial charge in [-0.15, -0.1) is 21.5 Å². The molecule has 0 aromatic carbocycles. The van der Waals surface area contributed by atoms with Gasteiger partial charge in [-0.2, -0.15) is 0 Å². The first-order chi connectivity index (χ1) is 7.76. The van der Waals surface area contributed by atoms with Crippen LogP contribution < -0.4 is 11.1 Å². The zero-order valence-electron chi connectivity index (χ0n) is 9.27. The van der Waals surface area contributed by atoms with Gasteiger partial charge in [0.2, 0.25) is 5.95 Å². The Bertz CT molecular complexity index is 474. The fourth-order valence-corrected chi connectivity index (χ4v) is 2.21. The van der Waals surface area contributed by atoms with Crippen LogP contribution in [0.25, 0.3) is 11.5 Å². The van der Waals surface area contributed by atoms with Crippen molar-refractivity contribution in [2.24, 2.45) is 12.8 Å². The number of hydrogen-bond donors (Lipinski definition) is 2. The van der Waals surface area contributed by atoms with Crippen LogP contribution in [0.1, 0.15) is 5.01 Å². The van der Waals surface area contributed by atoms with Gasteiger partial charge >= 0.3 is 0 Å². The molecule has 0 aliphatic rings. The number of nitrogens with one attached hydrogen (secondary N) is 1. The Kier molecular flexibility index (Phi) is 3.16.